The van der Waals surface area contributed by atoms with Crippen LogP contribution in [-0.4, -0.2) is 7.05 Å². The van der Waals surface area contributed by atoms with Crippen molar-refractivity contribution >= 4 is 27.3 Å². The van der Waals surface area contributed by atoms with Crippen molar-refractivity contribution in [3.8, 4) is 0 Å². The number of hydrogen-bond acceptors (Lipinski definition) is 2. The van der Waals surface area contributed by atoms with E-state index in [0.29, 0.717) is 17.8 Å². The van der Waals surface area contributed by atoms with E-state index in [1.165, 1.54) is 11.6 Å². The zero-order valence-electron chi connectivity index (χ0n) is 11.0. The normalized spacial score (nSPS) is 10.5. The number of halogens is 2. The Bertz CT molecular complexity index is 599. The second-order valence-corrected chi connectivity index (χ2v) is 5.56. The van der Waals surface area contributed by atoms with E-state index in [0.717, 1.165) is 10.2 Å². The molecule has 0 aliphatic heterocycles. The van der Waals surface area contributed by atoms with E-state index in [2.05, 4.69) is 22.0 Å². The predicted molar refractivity (Wildman–Crippen MR) is 81.8 cm³/mol. The van der Waals surface area contributed by atoms with Crippen molar-refractivity contribution in [3.05, 3.63) is 57.8 Å². The zero-order valence-corrected chi connectivity index (χ0v) is 12.5. The van der Waals surface area contributed by atoms with Gasteiger partial charge in [-0.15, -0.1) is 0 Å². The van der Waals surface area contributed by atoms with Gasteiger partial charge in [-0.05, 0) is 42.3 Å². The highest BCUT2D eigenvalue weighted by atomic mass is 79.9. The minimum Gasteiger partial charge on any atom is -0.397 e. The highest BCUT2D eigenvalue weighted by molar-refractivity contribution is 9.10. The van der Waals surface area contributed by atoms with Crippen LogP contribution in [0.2, 0.25) is 0 Å². The van der Waals surface area contributed by atoms with Crippen molar-refractivity contribution < 1.29 is 4.39 Å². The number of rotatable bonds is 3. The molecular formula is C15H16BrFN2. The molecule has 0 spiro atoms. The maximum atomic E-state index is 13.4. The van der Waals surface area contributed by atoms with E-state index in [4.69, 9.17) is 5.73 Å². The zero-order chi connectivity index (χ0) is 14.0. The Kier molecular flexibility index (Phi) is 4.10. The standard InChI is InChI=1S/C15H16BrFN2/c1-10-6-15(14(18)8-13(10)17)19(2)9-11-4-3-5-12(16)7-11/h3-8H,9,18H2,1-2H3. The Balaban J connectivity index is 2.25. The van der Waals surface area contributed by atoms with Gasteiger partial charge in [0.15, 0.2) is 0 Å². The maximum absolute atomic E-state index is 13.4. The molecule has 2 nitrogen and oxygen atoms in total. The fourth-order valence-electron chi connectivity index (χ4n) is 2.01. The molecule has 0 saturated heterocycles. The first-order valence-electron chi connectivity index (χ1n) is 5.98. The van der Waals surface area contributed by atoms with Gasteiger partial charge in [0.25, 0.3) is 0 Å². The lowest BCUT2D eigenvalue weighted by atomic mass is 10.1. The lowest BCUT2D eigenvalue weighted by Crippen LogP contribution is -2.18. The summed E-state index contributed by atoms with van der Waals surface area (Å²) in [5, 5.41) is 0. The van der Waals surface area contributed by atoms with Crippen LogP contribution in [-0.2, 0) is 6.54 Å². The number of aryl methyl sites for hydroxylation is 1. The van der Waals surface area contributed by atoms with Crippen molar-refractivity contribution in [1.82, 2.24) is 0 Å². The van der Waals surface area contributed by atoms with Crippen LogP contribution in [0.15, 0.2) is 40.9 Å². The average Bonchev–Trinajstić information content (AvgIpc) is 2.33. The Hall–Kier alpha value is -1.55. The minimum atomic E-state index is -0.267. The molecule has 2 N–H and O–H groups in total. The number of nitrogen functional groups attached to an aromatic ring is 1. The summed E-state index contributed by atoms with van der Waals surface area (Å²) in [5.74, 6) is -0.267. The minimum absolute atomic E-state index is 0.267. The first-order valence-corrected chi connectivity index (χ1v) is 6.78. The van der Waals surface area contributed by atoms with Gasteiger partial charge in [-0.25, -0.2) is 4.39 Å². The van der Waals surface area contributed by atoms with Gasteiger partial charge >= 0.3 is 0 Å². The molecule has 0 atom stereocenters. The monoisotopic (exact) mass is 322 g/mol. The molecular weight excluding hydrogens is 307 g/mol. The van der Waals surface area contributed by atoms with Crippen molar-refractivity contribution in [1.29, 1.82) is 0 Å². The van der Waals surface area contributed by atoms with Crippen LogP contribution in [0.4, 0.5) is 15.8 Å². The molecule has 2 aromatic rings. The van der Waals surface area contributed by atoms with Gasteiger partial charge < -0.3 is 10.6 Å². The second-order valence-electron chi connectivity index (χ2n) is 4.65. The lowest BCUT2D eigenvalue weighted by Gasteiger charge is -2.22. The van der Waals surface area contributed by atoms with Crippen LogP contribution in [0, 0.1) is 12.7 Å². The summed E-state index contributed by atoms with van der Waals surface area (Å²) in [6.07, 6.45) is 0. The summed E-state index contributed by atoms with van der Waals surface area (Å²) in [7, 11) is 1.95. The molecule has 0 heterocycles. The molecule has 2 rings (SSSR count). The molecule has 4 heteroatoms. The molecule has 0 aliphatic rings. The summed E-state index contributed by atoms with van der Waals surface area (Å²) < 4.78 is 14.4. The van der Waals surface area contributed by atoms with Crippen LogP contribution < -0.4 is 10.6 Å². The van der Waals surface area contributed by atoms with Gasteiger partial charge in [0.2, 0.25) is 0 Å². The maximum Gasteiger partial charge on any atom is 0.128 e. The van der Waals surface area contributed by atoms with E-state index in [9.17, 15) is 4.39 Å². The third-order valence-corrected chi connectivity index (χ3v) is 3.52. The van der Waals surface area contributed by atoms with Gasteiger partial charge in [0, 0.05) is 18.1 Å². The van der Waals surface area contributed by atoms with Crippen LogP contribution in [0.1, 0.15) is 11.1 Å². The summed E-state index contributed by atoms with van der Waals surface area (Å²) in [6, 6.07) is 11.2. The van der Waals surface area contributed by atoms with E-state index >= 15 is 0 Å². The Labute approximate surface area is 121 Å². The predicted octanol–water partition coefficient (Wildman–Crippen LogP) is 4.12. The second kappa shape index (κ2) is 5.61. The first kappa shape index (κ1) is 13.9. The molecule has 0 amide bonds. The number of nitrogens with zero attached hydrogens (tertiary/aromatic N) is 1. The molecule has 0 fully saturated rings. The van der Waals surface area contributed by atoms with Gasteiger partial charge in [-0.1, -0.05) is 28.1 Å². The fourth-order valence-corrected chi connectivity index (χ4v) is 2.45. The summed E-state index contributed by atoms with van der Waals surface area (Å²) in [6.45, 7) is 2.46. The number of benzene rings is 2. The topological polar surface area (TPSA) is 29.3 Å². The van der Waals surface area contributed by atoms with Gasteiger partial charge in [0.05, 0.1) is 11.4 Å². The Morgan fingerprint density at radius 1 is 1.26 bits per heavy atom. The van der Waals surface area contributed by atoms with E-state index < -0.39 is 0 Å². The highest BCUT2D eigenvalue weighted by Crippen LogP contribution is 2.27. The first-order chi connectivity index (χ1) is 8.97. The molecule has 0 aromatic heterocycles. The molecule has 2 aromatic carbocycles. The highest BCUT2D eigenvalue weighted by Gasteiger charge is 2.09. The van der Waals surface area contributed by atoms with Gasteiger partial charge in [-0.2, -0.15) is 0 Å². The quantitative estimate of drug-likeness (QED) is 0.861. The summed E-state index contributed by atoms with van der Waals surface area (Å²) in [5.41, 5.74) is 8.96. The number of nitrogens with two attached hydrogens (primary N) is 1. The van der Waals surface area contributed by atoms with Crippen molar-refractivity contribution in [3.63, 3.8) is 0 Å². The summed E-state index contributed by atoms with van der Waals surface area (Å²) in [4.78, 5) is 2.02. The third-order valence-electron chi connectivity index (χ3n) is 3.03. The molecule has 0 aliphatic carbocycles. The molecule has 0 bridgehead atoms. The SMILES string of the molecule is Cc1cc(N(C)Cc2cccc(Br)c2)c(N)cc1F. The van der Waals surface area contributed by atoms with E-state index in [-0.39, 0.29) is 5.82 Å². The van der Waals surface area contributed by atoms with Crippen LogP contribution >= 0.6 is 15.9 Å². The molecule has 0 radical (unpaired) electrons. The molecule has 0 unspecified atom stereocenters. The van der Waals surface area contributed by atoms with Gasteiger partial charge in [0.1, 0.15) is 5.82 Å². The summed E-state index contributed by atoms with van der Waals surface area (Å²) >= 11 is 3.45. The van der Waals surface area contributed by atoms with Crippen LogP contribution in [0.3, 0.4) is 0 Å². The van der Waals surface area contributed by atoms with Crippen molar-refractivity contribution in [2.45, 2.75) is 13.5 Å². The van der Waals surface area contributed by atoms with Crippen molar-refractivity contribution in [2.24, 2.45) is 0 Å². The molecule has 100 valence electrons. The third kappa shape index (κ3) is 3.26. The molecule has 0 saturated carbocycles. The van der Waals surface area contributed by atoms with Crippen molar-refractivity contribution in [2.75, 3.05) is 17.7 Å². The smallest absolute Gasteiger partial charge is 0.128 e. The average molecular weight is 323 g/mol. The van der Waals surface area contributed by atoms with Crippen LogP contribution in [0.5, 0.6) is 0 Å². The Morgan fingerprint density at radius 2 is 2.00 bits per heavy atom. The number of anilines is 2. The fraction of sp³-hybridized carbons (Fsp3) is 0.200. The largest absolute Gasteiger partial charge is 0.397 e. The Morgan fingerprint density at radius 3 is 2.68 bits per heavy atom. The van der Waals surface area contributed by atoms with E-state index in [1.807, 2.05) is 30.1 Å². The van der Waals surface area contributed by atoms with E-state index in [1.54, 1.807) is 13.0 Å². The number of hydrogen-bond donors (Lipinski definition) is 1. The van der Waals surface area contributed by atoms with Gasteiger partial charge in [-0.3, -0.25) is 0 Å². The lowest BCUT2D eigenvalue weighted by molar-refractivity contribution is 0.619. The van der Waals surface area contributed by atoms with Crippen LogP contribution in [0.25, 0.3) is 0 Å². The molecule has 19 heavy (non-hydrogen) atoms.